The van der Waals surface area contributed by atoms with Crippen molar-refractivity contribution in [3.8, 4) is 0 Å². The Morgan fingerprint density at radius 1 is 1.26 bits per heavy atom. The SMILES string of the molecule is CCOC(=O)c1ccccc1NC(=O)CS[C@@H](C)C(=O)Nc1cc(C)on1. The highest BCUT2D eigenvalue weighted by molar-refractivity contribution is 8.01. The monoisotopic (exact) mass is 391 g/mol. The van der Waals surface area contributed by atoms with Crippen molar-refractivity contribution >= 4 is 41.1 Å². The van der Waals surface area contributed by atoms with Crippen molar-refractivity contribution in [1.82, 2.24) is 5.16 Å². The third-order valence-corrected chi connectivity index (χ3v) is 4.55. The molecule has 2 aromatic rings. The number of amides is 2. The van der Waals surface area contributed by atoms with E-state index in [2.05, 4.69) is 15.8 Å². The minimum atomic E-state index is -0.503. The number of rotatable bonds is 8. The van der Waals surface area contributed by atoms with Gasteiger partial charge < -0.3 is 19.9 Å². The Kier molecular flexibility index (Phi) is 7.42. The molecular formula is C18H21N3O5S. The predicted molar refractivity (Wildman–Crippen MR) is 103 cm³/mol. The number of thioether (sulfide) groups is 1. The van der Waals surface area contributed by atoms with Crippen LogP contribution in [0.5, 0.6) is 0 Å². The van der Waals surface area contributed by atoms with Crippen LogP contribution in [0.1, 0.15) is 30.0 Å². The van der Waals surface area contributed by atoms with Crippen LogP contribution in [-0.4, -0.2) is 40.6 Å². The lowest BCUT2D eigenvalue weighted by Gasteiger charge is -2.12. The fraction of sp³-hybridized carbons (Fsp3) is 0.333. The van der Waals surface area contributed by atoms with Gasteiger partial charge in [0.25, 0.3) is 0 Å². The second-order valence-electron chi connectivity index (χ2n) is 5.58. The highest BCUT2D eigenvalue weighted by atomic mass is 32.2. The van der Waals surface area contributed by atoms with E-state index in [-0.39, 0.29) is 29.7 Å². The summed E-state index contributed by atoms with van der Waals surface area (Å²) in [6, 6.07) is 8.21. The zero-order valence-corrected chi connectivity index (χ0v) is 16.1. The zero-order valence-electron chi connectivity index (χ0n) is 15.3. The Labute approximate surface area is 161 Å². The second kappa shape index (κ2) is 9.77. The van der Waals surface area contributed by atoms with Crippen molar-refractivity contribution in [3.05, 3.63) is 41.7 Å². The molecule has 2 amide bonds. The predicted octanol–water partition coefficient (Wildman–Crippen LogP) is 2.86. The highest BCUT2D eigenvalue weighted by Gasteiger charge is 2.18. The van der Waals surface area contributed by atoms with Crippen molar-refractivity contribution < 1.29 is 23.6 Å². The Morgan fingerprint density at radius 2 is 2.00 bits per heavy atom. The van der Waals surface area contributed by atoms with Gasteiger partial charge in [0, 0.05) is 6.07 Å². The van der Waals surface area contributed by atoms with E-state index >= 15 is 0 Å². The Balaban J connectivity index is 1.87. The van der Waals surface area contributed by atoms with Gasteiger partial charge in [0.1, 0.15) is 5.76 Å². The van der Waals surface area contributed by atoms with Crippen molar-refractivity contribution in [3.63, 3.8) is 0 Å². The third-order valence-electron chi connectivity index (χ3n) is 3.41. The van der Waals surface area contributed by atoms with Crippen molar-refractivity contribution in [2.45, 2.75) is 26.0 Å². The summed E-state index contributed by atoms with van der Waals surface area (Å²) in [4.78, 5) is 36.2. The lowest BCUT2D eigenvalue weighted by Crippen LogP contribution is -2.25. The lowest BCUT2D eigenvalue weighted by molar-refractivity contribution is -0.115. The maximum absolute atomic E-state index is 12.2. The largest absolute Gasteiger partial charge is 0.462 e. The molecule has 0 aliphatic heterocycles. The second-order valence-corrected chi connectivity index (χ2v) is 6.91. The number of aromatic nitrogens is 1. The number of carbonyl (C=O) groups is 3. The molecule has 144 valence electrons. The number of para-hydroxylation sites is 1. The molecule has 2 N–H and O–H groups in total. The van der Waals surface area contributed by atoms with E-state index in [1.54, 1.807) is 51.1 Å². The number of hydrogen-bond donors (Lipinski definition) is 2. The minimum Gasteiger partial charge on any atom is -0.462 e. The van der Waals surface area contributed by atoms with E-state index in [0.717, 1.165) is 11.8 Å². The molecule has 0 aliphatic carbocycles. The first kappa shape index (κ1) is 20.5. The molecule has 9 heteroatoms. The Morgan fingerprint density at radius 3 is 2.67 bits per heavy atom. The van der Waals surface area contributed by atoms with Crippen LogP contribution < -0.4 is 10.6 Å². The first-order valence-corrected chi connectivity index (χ1v) is 9.37. The van der Waals surface area contributed by atoms with Gasteiger partial charge in [-0.05, 0) is 32.9 Å². The number of ether oxygens (including phenoxy) is 1. The molecule has 0 spiro atoms. The summed E-state index contributed by atoms with van der Waals surface area (Å²) in [5, 5.41) is 8.51. The molecule has 1 heterocycles. The Hall–Kier alpha value is -2.81. The van der Waals surface area contributed by atoms with Crippen LogP contribution >= 0.6 is 11.8 Å². The summed E-state index contributed by atoms with van der Waals surface area (Å²) < 4.78 is 9.86. The Bertz CT molecular complexity index is 821. The number of hydrogen-bond acceptors (Lipinski definition) is 7. The van der Waals surface area contributed by atoms with Crippen LogP contribution in [0.4, 0.5) is 11.5 Å². The summed E-state index contributed by atoms with van der Waals surface area (Å²) in [6.45, 7) is 5.36. The molecule has 0 saturated carbocycles. The molecule has 1 aromatic heterocycles. The molecule has 1 aromatic carbocycles. The van der Waals surface area contributed by atoms with Crippen LogP contribution in [0, 0.1) is 6.92 Å². The van der Waals surface area contributed by atoms with E-state index < -0.39 is 11.2 Å². The smallest absolute Gasteiger partial charge is 0.340 e. The molecule has 8 nitrogen and oxygen atoms in total. The molecule has 0 bridgehead atoms. The van der Waals surface area contributed by atoms with Gasteiger partial charge in [-0.3, -0.25) is 9.59 Å². The number of carbonyl (C=O) groups excluding carboxylic acids is 3. The van der Waals surface area contributed by atoms with Crippen LogP contribution in [0.3, 0.4) is 0 Å². The highest BCUT2D eigenvalue weighted by Crippen LogP contribution is 2.18. The molecular weight excluding hydrogens is 370 g/mol. The standard InChI is InChI=1S/C18H21N3O5S/c1-4-25-18(24)13-7-5-6-8-14(13)19-16(22)10-27-12(3)17(23)20-15-9-11(2)26-21-15/h5-9,12H,4,10H2,1-3H3,(H,19,22)(H,20,21,23)/t12-/m0/s1. The number of nitrogens with one attached hydrogen (secondary N) is 2. The van der Waals surface area contributed by atoms with Crippen LogP contribution in [0.15, 0.2) is 34.9 Å². The van der Waals surface area contributed by atoms with Gasteiger partial charge in [-0.25, -0.2) is 4.79 Å². The maximum atomic E-state index is 12.2. The topological polar surface area (TPSA) is 111 Å². The van der Waals surface area contributed by atoms with Gasteiger partial charge in [-0.15, -0.1) is 11.8 Å². The van der Waals surface area contributed by atoms with Crippen LogP contribution in [-0.2, 0) is 14.3 Å². The molecule has 2 rings (SSSR count). The van der Waals surface area contributed by atoms with Crippen molar-refractivity contribution in [1.29, 1.82) is 0 Å². The summed E-state index contributed by atoms with van der Waals surface area (Å²) in [7, 11) is 0. The molecule has 27 heavy (non-hydrogen) atoms. The fourth-order valence-corrected chi connectivity index (χ4v) is 2.78. The van der Waals surface area contributed by atoms with Gasteiger partial charge in [0.2, 0.25) is 11.8 Å². The third kappa shape index (κ3) is 6.14. The van der Waals surface area contributed by atoms with E-state index in [0.29, 0.717) is 17.3 Å². The lowest BCUT2D eigenvalue weighted by atomic mass is 10.2. The van der Waals surface area contributed by atoms with Gasteiger partial charge in [-0.1, -0.05) is 17.3 Å². The quantitative estimate of drug-likeness (QED) is 0.666. The first-order valence-electron chi connectivity index (χ1n) is 8.32. The number of benzene rings is 1. The van der Waals surface area contributed by atoms with Gasteiger partial charge in [0.05, 0.1) is 28.9 Å². The average molecular weight is 391 g/mol. The molecule has 0 radical (unpaired) electrons. The number of aryl methyl sites for hydroxylation is 1. The number of nitrogens with zero attached hydrogens (tertiary/aromatic N) is 1. The van der Waals surface area contributed by atoms with E-state index in [9.17, 15) is 14.4 Å². The molecule has 0 saturated heterocycles. The average Bonchev–Trinajstić information content (AvgIpc) is 3.05. The summed E-state index contributed by atoms with van der Waals surface area (Å²) in [5.74, 6) is -0.148. The zero-order chi connectivity index (χ0) is 19.8. The summed E-state index contributed by atoms with van der Waals surface area (Å²) in [5.41, 5.74) is 0.654. The first-order chi connectivity index (χ1) is 12.9. The fourth-order valence-electron chi connectivity index (χ4n) is 2.09. The number of esters is 1. The number of anilines is 2. The van der Waals surface area contributed by atoms with Crippen LogP contribution in [0.25, 0.3) is 0 Å². The van der Waals surface area contributed by atoms with Crippen molar-refractivity contribution in [2.24, 2.45) is 0 Å². The molecule has 0 aliphatic rings. The summed E-state index contributed by atoms with van der Waals surface area (Å²) in [6.07, 6.45) is 0. The van der Waals surface area contributed by atoms with Gasteiger partial charge in [0.15, 0.2) is 5.82 Å². The molecule has 0 unspecified atom stereocenters. The molecule has 1 atom stereocenters. The van der Waals surface area contributed by atoms with E-state index in [1.165, 1.54) is 0 Å². The van der Waals surface area contributed by atoms with E-state index in [1.807, 2.05) is 0 Å². The van der Waals surface area contributed by atoms with Crippen molar-refractivity contribution in [2.75, 3.05) is 23.0 Å². The van der Waals surface area contributed by atoms with Crippen LogP contribution in [0.2, 0.25) is 0 Å². The normalized spacial score (nSPS) is 11.5. The summed E-state index contributed by atoms with van der Waals surface area (Å²) >= 11 is 1.16. The minimum absolute atomic E-state index is 0.0452. The molecule has 0 fully saturated rings. The van der Waals surface area contributed by atoms with E-state index in [4.69, 9.17) is 9.26 Å². The van der Waals surface area contributed by atoms with Gasteiger partial charge in [-0.2, -0.15) is 0 Å². The van der Waals surface area contributed by atoms with Gasteiger partial charge >= 0.3 is 5.97 Å². The maximum Gasteiger partial charge on any atom is 0.340 e.